The molecule has 0 fully saturated rings. The minimum absolute atomic E-state index is 0.0409. The molecule has 1 heterocycles. The molecule has 0 spiro atoms. The molecule has 2 unspecified atom stereocenters. The Kier molecular flexibility index (Phi) is 4.26. The third-order valence-electron chi connectivity index (χ3n) is 2.62. The SMILES string of the molecule is CCC(N)C(c1cnn(C)c1)N(C)OC. The molecular weight excluding hydrogens is 192 g/mol. The zero-order valence-electron chi connectivity index (χ0n) is 9.84. The second kappa shape index (κ2) is 5.25. The molecule has 0 aliphatic heterocycles. The number of hydroxylamine groups is 2. The summed E-state index contributed by atoms with van der Waals surface area (Å²) in [6.45, 7) is 2.07. The maximum atomic E-state index is 6.08. The summed E-state index contributed by atoms with van der Waals surface area (Å²) in [7, 11) is 5.42. The normalized spacial score (nSPS) is 15.6. The number of hydrogen-bond donors (Lipinski definition) is 1. The molecule has 0 amide bonds. The molecule has 0 bridgehead atoms. The van der Waals surface area contributed by atoms with E-state index in [-0.39, 0.29) is 12.1 Å². The highest BCUT2D eigenvalue weighted by Crippen LogP contribution is 2.23. The third-order valence-corrected chi connectivity index (χ3v) is 2.62. The van der Waals surface area contributed by atoms with Crippen LogP contribution in [0.15, 0.2) is 12.4 Å². The lowest BCUT2D eigenvalue weighted by Crippen LogP contribution is -2.38. The lowest BCUT2D eigenvalue weighted by molar-refractivity contribution is -0.148. The summed E-state index contributed by atoms with van der Waals surface area (Å²) in [5.74, 6) is 0. The molecule has 0 saturated heterocycles. The highest BCUT2D eigenvalue weighted by atomic mass is 16.7. The summed E-state index contributed by atoms with van der Waals surface area (Å²) < 4.78 is 1.77. The molecule has 0 radical (unpaired) electrons. The zero-order valence-corrected chi connectivity index (χ0v) is 9.84. The van der Waals surface area contributed by atoms with Gasteiger partial charge in [0.25, 0.3) is 0 Å². The molecule has 15 heavy (non-hydrogen) atoms. The van der Waals surface area contributed by atoms with Crippen LogP contribution in [-0.4, -0.2) is 35.0 Å². The first-order valence-corrected chi connectivity index (χ1v) is 5.11. The van der Waals surface area contributed by atoms with Gasteiger partial charge < -0.3 is 10.6 Å². The summed E-state index contributed by atoms with van der Waals surface area (Å²) >= 11 is 0. The van der Waals surface area contributed by atoms with Crippen molar-refractivity contribution >= 4 is 0 Å². The Morgan fingerprint density at radius 2 is 2.33 bits per heavy atom. The second-order valence-electron chi connectivity index (χ2n) is 3.69. The van der Waals surface area contributed by atoms with Gasteiger partial charge in [0.15, 0.2) is 0 Å². The summed E-state index contributed by atoms with van der Waals surface area (Å²) in [6, 6.07) is 0.0906. The van der Waals surface area contributed by atoms with Gasteiger partial charge in [0.2, 0.25) is 0 Å². The number of nitrogens with zero attached hydrogens (tertiary/aromatic N) is 3. The van der Waals surface area contributed by atoms with Crippen LogP contribution in [0, 0.1) is 0 Å². The minimum Gasteiger partial charge on any atom is -0.326 e. The largest absolute Gasteiger partial charge is 0.326 e. The van der Waals surface area contributed by atoms with Gasteiger partial charge in [-0.15, -0.1) is 0 Å². The van der Waals surface area contributed by atoms with Crippen molar-refractivity contribution in [2.45, 2.75) is 25.4 Å². The Balaban J connectivity index is 2.90. The maximum Gasteiger partial charge on any atom is 0.0780 e. The van der Waals surface area contributed by atoms with Crippen molar-refractivity contribution in [2.75, 3.05) is 14.2 Å². The average molecular weight is 212 g/mol. The van der Waals surface area contributed by atoms with Gasteiger partial charge in [-0.3, -0.25) is 4.68 Å². The third kappa shape index (κ3) is 2.77. The summed E-state index contributed by atoms with van der Waals surface area (Å²) in [5, 5.41) is 5.92. The van der Waals surface area contributed by atoms with Gasteiger partial charge in [0.1, 0.15) is 0 Å². The first-order chi connectivity index (χ1) is 7.10. The van der Waals surface area contributed by atoms with Crippen molar-refractivity contribution in [1.29, 1.82) is 0 Å². The molecule has 1 aromatic heterocycles. The predicted molar refractivity (Wildman–Crippen MR) is 59.0 cm³/mol. The average Bonchev–Trinajstić information content (AvgIpc) is 2.64. The fraction of sp³-hybridized carbons (Fsp3) is 0.700. The van der Waals surface area contributed by atoms with Crippen LogP contribution >= 0.6 is 0 Å². The van der Waals surface area contributed by atoms with Crippen molar-refractivity contribution < 1.29 is 4.84 Å². The molecule has 5 nitrogen and oxygen atoms in total. The molecule has 1 aromatic rings. The van der Waals surface area contributed by atoms with Crippen LogP contribution in [0.25, 0.3) is 0 Å². The molecule has 0 saturated carbocycles. The van der Waals surface area contributed by atoms with Crippen LogP contribution in [0.1, 0.15) is 24.9 Å². The maximum absolute atomic E-state index is 6.08. The summed E-state index contributed by atoms with van der Waals surface area (Å²) in [5.41, 5.74) is 7.16. The molecule has 0 aliphatic rings. The Labute approximate surface area is 90.8 Å². The van der Waals surface area contributed by atoms with Crippen LogP contribution in [0.4, 0.5) is 0 Å². The van der Waals surface area contributed by atoms with Crippen LogP contribution in [0.2, 0.25) is 0 Å². The van der Waals surface area contributed by atoms with Crippen molar-refractivity contribution in [3.8, 4) is 0 Å². The first-order valence-electron chi connectivity index (χ1n) is 5.11. The van der Waals surface area contributed by atoms with E-state index in [0.29, 0.717) is 0 Å². The molecule has 5 heteroatoms. The molecule has 2 atom stereocenters. The van der Waals surface area contributed by atoms with Crippen molar-refractivity contribution in [3.05, 3.63) is 18.0 Å². The summed E-state index contributed by atoms with van der Waals surface area (Å²) in [4.78, 5) is 5.22. The summed E-state index contributed by atoms with van der Waals surface area (Å²) in [6.07, 6.45) is 4.69. The molecule has 0 aliphatic carbocycles. The predicted octanol–water partition coefficient (Wildman–Crippen LogP) is 0.692. The van der Waals surface area contributed by atoms with Crippen molar-refractivity contribution in [3.63, 3.8) is 0 Å². The quantitative estimate of drug-likeness (QED) is 0.730. The monoisotopic (exact) mass is 212 g/mol. The van der Waals surface area contributed by atoms with E-state index in [1.54, 1.807) is 16.9 Å². The van der Waals surface area contributed by atoms with E-state index in [4.69, 9.17) is 10.6 Å². The van der Waals surface area contributed by atoms with Gasteiger partial charge in [-0.05, 0) is 6.42 Å². The van der Waals surface area contributed by atoms with E-state index in [1.165, 1.54) is 0 Å². The van der Waals surface area contributed by atoms with Gasteiger partial charge in [0.05, 0.1) is 19.3 Å². The Hall–Kier alpha value is -0.910. The molecule has 1 rings (SSSR count). The lowest BCUT2D eigenvalue weighted by atomic mass is 10.0. The van der Waals surface area contributed by atoms with E-state index >= 15 is 0 Å². The van der Waals surface area contributed by atoms with Gasteiger partial charge >= 0.3 is 0 Å². The topological polar surface area (TPSA) is 56.3 Å². The Morgan fingerprint density at radius 3 is 2.73 bits per heavy atom. The van der Waals surface area contributed by atoms with Crippen LogP contribution in [-0.2, 0) is 11.9 Å². The molecule has 0 aromatic carbocycles. The van der Waals surface area contributed by atoms with Gasteiger partial charge in [0, 0.05) is 31.9 Å². The van der Waals surface area contributed by atoms with Crippen molar-refractivity contribution in [2.24, 2.45) is 12.8 Å². The zero-order chi connectivity index (χ0) is 11.4. The number of aromatic nitrogens is 2. The number of likely N-dealkylation sites (N-methyl/N-ethyl adjacent to an activating group) is 1. The minimum atomic E-state index is 0.0409. The van der Waals surface area contributed by atoms with Gasteiger partial charge in [-0.1, -0.05) is 6.92 Å². The highest BCUT2D eigenvalue weighted by molar-refractivity contribution is 5.12. The fourth-order valence-electron chi connectivity index (χ4n) is 1.66. The molecule has 2 N–H and O–H groups in total. The van der Waals surface area contributed by atoms with Gasteiger partial charge in [-0.25, -0.2) is 0 Å². The van der Waals surface area contributed by atoms with Crippen LogP contribution < -0.4 is 5.73 Å². The fourth-order valence-corrected chi connectivity index (χ4v) is 1.66. The van der Waals surface area contributed by atoms with E-state index in [1.807, 2.05) is 26.5 Å². The van der Waals surface area contributed by atoms with Crippen molar-refractivity contribution in [1.82, 2.24) is 14.8 Å². The lowest BCUT2D eigenvalue weighted by Gasteiger charge is -2.29. The van der Waals surface area contributed by atoms with Gasteiger partial charge in [-0.2, -0.15) is 10.2 Å². The van der Waals surface area contributed by atoms with Crippen LogP contribution in [0.3, 0.4) is 0 Å². The van der Waals surface area contributed by atoms with E-state index in [9.17, 15) is 0 Å². The second-order valence-corrected chi connectivity index (χ2v) is 3.69. The smallest absolute Gasteiger partial charge is 0.0780 e. The van der Waals surface area contributed by atoms with E-state index in [2.05, 4.69) is 12.0 Å². The number of nitrogens with two attached hydrogens (primary N) is 1. The first kappa shape index (κ1) is 12.2. The van der Waals surface area contributed by atoms with E-state index < -0.39 is 0 Å². The number of aryl methyl sites for hydroxylation is 1. The number of hydrogen-bond acceptors (Lipinski definition) is 4. The Morgan fingerprint density at radius 1 is 1.67 bits per heavy atom. The highest BCUT2D eigenvalue weighted by Gasteiger charge is 2.24. The Bertz CT molecular complexity index is 289. The van der Waals surface area contributed by atoms with E-state index in [0.717, 1.165) is 12.0 Å². The standard InChI is InChI=1S/C10H20N4O/c1-5-9(11)10(14(3)15-4)8-6-12-13(2)7-8/h6-7,9-10H,5,11H2,1-4H3. The molecule has 86 valence electrons. The molecular formula is C10H20N4O. The van der Waals surface area contributed by atoms with Crippen LogP contribution in [0.5, 0.6) is 0 Å². The number of rotatable bonds is 5.